The summed E-state index contributed by atoms with van der Waals surface area (Å²) in [7, 11) is 1.76. The highest BCUT2D eigenvalue weighted by Gasteiger charge is 2.21. The van der Waals surface area contributed by atoms with E-state index in [1.54, 1.807) is 24.1 Å². The number of carbonyl (C=O) groups is 1. The first-order valence-electron chi connectivity index (χ1n) is 7.82. The number of aryl methyl sites for hydroxylation is 1. The second kappa shape index (κ2) is 8.34. The topological polar surface area (TPSA) is 60.8 Å². The van der Waals surface area contributed by atoms with Gasteiger partial charge >= 0.3 is 0 Å². The van der Waals surface area contributed by atoms with E-state index in [1.807, 2.05) is 42.5 Å². The molecule has 0 fully saturated rings. The number of phenolic OH excluding ortho intramolecular Hbond substituents is 1. The average Bonchev–Trinajstić information content (AvgIpc) is 2.59. The molecule has 0 spiro atoms. The number of aromatic hydroxyl groups is 1. The van der Waals surface area contributed by atoms with Crippen molar-refractivity contribution < 1.29 is 15.0 Å². The standard InChI is InChI=1S/C19H23NO3/c1-20(17(13-14-21)15-7-3-2-4-8-15)19(23)12-11-16-9-5-6-10-18(16)22/h2-10,17,21-22H,11-14H2,1H3. The molecule has 1 amide bonds. The number of amides is 1. The summed E-state index contributed by atoms with van der Waals surface area (Å²) in [5, 5.41) is 19.1. The van der Waals surface area contributed by atoms with Gasteiger partial charge in [0, 0.05) is 20.1 Å². The van der Waals surface area contributed by atoms with Crippen LogP contribution in [0.25, 0.3) is 0 Å². The molecule has 0 aliphatic rings. The highest BCUT2D eigenvalue weighted by molar-refractivity contribution is 5.76. The first-order chi connectivity index (χ1) is 11.1. The molecule has 2 aromatic carbocycles. The molecule has 0 bridgehead atoms. The minimum absolute atomic E-state index is 0.00411. The third-order valence-corrected chi connectivity index (χ3v) is 4.05. The Morgan fingerprint density at radius 2 is 1.74 bits per heavy atom. The zero-order valence-electron chi connectivity index (χ0n) is 13.4. The van der Waals surface area contributed by atoms with Crippen molar-refractivity contribution in [3.8, 4) is 5.75 Å². The summed E-state index contributed by atoms with van der Waals surface area (Å²) in [6.45, 7) is 0.0245. The van der Waals surface area contributed by atoms with Crippen LogP contribution in [-0.4, -0.2) is 34.7 Å². The van der Waals surface area contributed by atoms with E-state index in [4.69, 9.17) is 0 Å². The third kappa shape index (κ3) is 4.57. The van der Waals surface area contributed by atoms with Crippen LogP contribution in [-0.2, 0) is 11.2 Å². The minimum Gasteiger partial charge on any atom is -0.508 e. The zero-order valence-corrected chi connectivity index (χ0v) is 13.4. The molecule has 1 atom stereocenters. The van der Waals surface area contributed by atoms with Crippen LogP contribution >= 0.6 is 0 Å². The number of hydrogen-bond acceptors (Lipinski definition) is 3. The Balaban J connectivity index is 2.03. The lowest BCUT2D eigenvalue weighted by atomic mass is 10.0. The Labute approximate surface area is 137 Å². The average molecular weight is 313 g/mol. The van der Waals surface area contributed by atoms with Gasteiger partial charge in [0.15, 0.2) is 0 Å². The van der Waals surface area contributed by atoms with Crippen molar-refractivity contribution in [1.29, 1.82) is 0 Å². The van der Waals surface area contributed by atoms with Crippen LogP contribution in [0, 0.1) is 0 Å². The Morgan fingerprint density at radius 1 is 1.09 bits per heavy atom. The normalized spacial score (nSPS) is 11.9. The molecule has 0 aliphatic carbocycles. The van der Waals surface area contributed by atoms with E-state index in [9.17, 15) is 15.0 Å². The highest BCUT2D eigenvalue weighted by Crippen LogP contribution is 2.24. The Bertz CT molecular complexity index is 628. The maximum absolute atomic E-state index is 12.5. The van der Waals surface area contributed by atoms with Gasteiger partial charge in [-0.15, -0.1) is 0 Å². The van der Waals surface area contributed by atoms with E-state index >= 15 is 0 Å². The molecule has 4 nitrogen and oxygen atoms in total. The molecule has 0 aliphatic heterocycles. The van der Waals surface area contributed by atoms with Gasteiger partial charge < -0.3 is 15.1 Å². The molecule has 0 aromatic heterocycles. The first kappa shape index (κ1) is 17.0. The third-order valence-electron chi connectivity index (χ3n) is 4.05. The molecule has 0 radical (unpaired) electrons. The summed E-state index contributed by atoms with van der Waals surface area (Å²) in [5.74, 6) is 0.216. The zero-order chi connectivity index (χ0) is 16.7. The van der Waals surface area contributed by atoms with E-state index in [2.05, 4.69) is 0 Å². The monoisotopic (exact) mass is 313 g/mol. The van der Waals surface area contributed by atoms with Crippen LogP contribution in [0.4, 0.5) is 0 Å². The fourth-order valence-corrected chi connectivity index (χ4v) is 2.70. The molecule has 0 heterocycles. The summed E-state index contributed by atoms with van der Waals surface area (Å²) < 4.78 is 0. The smallest absolute Gasteiger partial charge is 0.223 e. The van der Waals surface area contributed by atoms with Crippen LogP contribution in [0.2, 0.25) is 0 Å². The fourth-order valence-electron chi connectivity index (χ4n) is 2.70. The molecular weight excluding hydrogens is 290 g/mol. The minimum atomic E-state index is -0.141. The van der Waals surface area contributed by atoms with Crippen LogP contribution in [0.15, 0.2) is 54.6 Å². The molecule has 2 aromatic rings. The molecule has 0 saturated carbocycles. The number of rotatable bonds is 7. The van der Waals surface area contributed by atoms with Gasteiger partial charge in [0.05, 0.1) is 6.04 Å². The predicted molar refractivity (Wildman–Crippen MR) is 90.1 cm³/mol. The fraction of sp³-hybridized carbons (Fsp3) is 0.316. The molecule has 122 valence electrons. The van der Waals surface area contributed by atoms with Crippen molar-refractivity contribution in [2.24, 2.45) is 0 Å². The lowest BCUT2D eigenvalue weighted by Gasteiger charge is -2.28. The van der Waals surface area contributed by atoms with E-state index in [0.29, 0.717) is 19.3 Å². The Hall–Kier alpha value is -2.33. The molecule has 4 heteroatoms. The second-order valence-electron chi connectivity index (χ2n) is 5.57. The van der Waals surface area contributed by atoms with Crippen molar-refractivity contribution in [3.63, 3.8) is 0 Å². The van der Waals surface area contributed by atoms with Gasteiger partial charge in [-0.2, -0.15) is 0 Å². The molecule has 2 N–H and O–H groups in total. The van der Waals surface area contributed by atoms with Crippen LogP contribution < -0.4 is 0 Å². The van der Waals surface area contributed by atoms with Crippen molar-refractivity contribution >= 4 is 5.91 Å². The van der Waals surface area contributed by atoms with Gasteiger partial charge in [0.2, 0.25) is 5.91 Å². The number of phenols is 1. The van der Waals surface area contributed by atoms with E-state index in [-0.39, 0.29) is 24.3 Å². The van der Waals surface area contributed by atoms with E-state index < -0.39 is 0 Å². The first-order valence-corrected chi connectivity index (χ1v) is 7.82. The summed E-state index contributed by atoms with van der Waals surface area (Å²) >= 11 is 0. The molecule has 2 rings (SSSR count). The van der Waals surface area contributed by atoms with Gasteiger partial charge in [-0.05, 0) is 30.0 Å². The molecule has 0 saturated heterocycles. The summed E-state index contributed by atoms with van der Waals surface area (Å²) in [4.78, 5) is 14.2. The van der Waals surface area contributed by atoms with E-state index in [1.165, 1.54) is 0 Å². The lowest BCUT2D eigenvalue weighted by molar-refractivity contribution is -0.132. The molecule has 1 unspecified atom stereocenters. The van der Waals surface area contributed by atoms with Crippen LogP contribution in [0.3, 0.4) is 0 Å². The van der Waals surface area contributed by atoms with Gasteiger partial charge in [-0.25, -0.2) is 0 Å². The van der Waals surface area contributed by atoms with Gasteiger partial charge in [-0.1, -0.05) is 48.5 Å². The lowest BCUT2D eigenvalue weighted by Crippen LogP contribution is -2.32. The second-order valence-corrected chi connectivity index (χ2v) is 5.57. The Kier molecular flexibility index (Phi) is 6.18. The number of para-hydroxylation sites is 1. The van der Waals surface area contributed by atoms with Crippen molar-refractivity contribution in [2.45, 2.75) is 25.3 Å². The molecular formula is C19H23NO3. The highest BCUT2D eigenvalue weighted by atomic mass is 16.3. The summed E-state index contributed by atoms with van der Waals surface area (Å²) in [6, 6.07) is 16.6. The van der Waals surface area contributed by atoms with Gasteiger partial charge in [-0.3, -0.25) is 4.79 Å². The predicted octanol–water partition coefficient (Wildman–Crippen LogP) is 2.91. The Morgan fingerprint density at radius 3 is 2.39 bits per heavy atom. The summed E-state index contributed by atoms with van der Waals surface area (Å²) in [5.41, 5.74) is 1.78. The number of hydrogen-bond donors (Lipinski definition) is 2. The maximum Gasteiger partial charge on any atom is 0.223 e. The van der Waals surface area contributed by atoms with Crippen LogP contribution in [0.1, 0.15) is 30.0 Å². The van der Waals surface area contributed by atoms with Gasteiger partial charge in [0.25, 0.3) is 0 Å². The van der Waals surface area contributed by atoms with Crippen LogP contribution in [0.5, 0.6) is 5.75 Å². The molecule has 23 heavy (non-hydrogen) atoms. The number of carbonyl (C=O) groups excluding carboxylic acids is 1. The van der Waals surface area contributed by atoms with Crippen molar-refractivity contribution in [3.05, 3.63) is 65.7 Å². The number of benzene rings is 2. The largest absolute Gasteiger partial charge is 0.508 e. The maximum atomic E-state index is 12.5. The van der Waals surface area contributed by atoms with Gasteiger partial charge in [0.1, 0.15) is 5.75 Å². The SMILES string of the molecule is CN(C(=O)CCc1ccccc1O)C(CCO)c1ccccc1. The van der Waals surface area contributed by atoms with Crippen molar-refractivity contribution in [2.75, 3.05) is 13.7 Å². The number of nitrogens with zero attached hydrogens (tertiary/aromatic N) is 1. The van der Waals surface area contributed by atoms with Crippen molar-refractivity contribution in [1.82, 2.24) is 4.90 Å². The number of aliphatic hydroxyl groups excluding tert-OH is 1. The summed E-state index contributed by atoms with van der Waals surface area (Å²) in [6.07, 6.45) is 1.32. The van der Waals surface area contributed by atoms with E-state index in [0.717, 1.165) is 11.1 Å². The quantitative estimate of drug-likeness (QED) is 0.826. The number of aliphatic hydroxyl groups is 1.